The van der Waals surface area contributed by atoms with E-state index in [-0.39, 0.29) is 43.5 Å². The van der Waals surface area contributed by atoms with E-state index in [1.54, 1.807) is 49.9 Å². The summed E-state index contributed by atoms with van der Waals surface area (Å²) >= 11 is 0. The lowest BCUT2D eigenvalue weighted by molar-refractivity contribution is -0.150. The molecule has 0 aromatic heterocycles. The van der Waals surface area contributed by atoms with Gasteiger partial charge in [-0.15, -0.1) is 0 Å². The first-order valence-electron chi connectivity index (χ1n) is 13.1. The molecular weight excluding hydrogens is 539 g/mol. The molecule has 0 saturated carbocycles. The van der Waals surface area contributed by atoms with Crippen molar-refractivity contribution in [2.24, 2.45) is 0 Å². The van der Waals surface area contributed by atoms with Crippen LogP contribution in [0, 0.1) is 5.82 Å². The van der Waals surface area contributed by atoms with E-state index in [0.717, 1.165) is 6.07 Å². The zero-order valence-corrected chi connectivity index (χ0v) is 23.0. The average Bonchev–Trinajstić information content (AvgIpc) is 2.92. The Morgan fingerprint density at radius 3 is 2.49 bits per heavy atom. The molecule has 0 radical (unpaired) electrons. The molecule has 0 spiro atoms. The molecule has 2 fully saturated rings. The van der Waals surface area contributed by atoms with Crippen LogP contribution in [-0.2, 0) is 35.1 Å². The van der Waals surface area contributed by atoms with E-state index >= 15 is 0 Å². The van der Waals surface area contributed by atoms with E-state index < -0.39 is 41.5 Å². The van der Waals surface area contributed by atoms with Crippen molar-refractivity contribution in [2.75, 3.05) is 48.0 Å². The van der Waals surface area contributed by atoms with Crippen LogP contribution >= 0.6 is 0 Å². The zero-order chi connectivity index (χ0) is 29.7. The predicted molar refractivity (Wildman–Crippen MR) is 146 cm³/mol. The minimum absolute atomic E-state index is 0.0281. The molecule has 4 rings (SSSR count). The molecule has 12 nitrogen and oxygen atoms in total. The van der Waals surface area contributed by atoms with Crippen LogP contribution in [0.25, 0.3) is 0 Å². The summed E-state index contributed by atoms with van der Waals surface area (Å²) in [5.74, 6) is -2.51. The van der Waals surface area contributed by atoms with Crippen molar-refractivity contribution in [3.63, 3.8) is 0 Å². The number of carbonyl (C=O) groups excluding carboxylic acids is 4. The van der Waals surface area contributed by atoms with Crippen LogP contribution in [0.15, 0.2) is 42.5 Å². The van der Waals surface area contributed by atoms with Crippen LogP contribution in [0.1, 0.15) is 26.3 Å². The Morgan fingerprint density at radius 2 is 1.80 bits per heavy atom. The number of benzene rings is 2. The van der Waals surface area contributed by atoms with Gasteiger partial charge in [-0.25, -0.2) is 9.18 Å². The fourth-order valence-electron chi connectivity index (χ4n) is 4.31. The number of carbonyl (C=O) groups is 4. The number of aliphatic hydroxyl groups excluding tert-OH is 1. The van der Waals surface area contributed by atoms with E-state index in [9.17, 15) is 28.7 Å². The van der Waals surface area contributed by atoms with Crippen LogP contribution in [-0.4, -0.2) is 79.6 Å². The molecule has 4 amide bonds. The first-order valence-corrected chi connectivity index (χ1v) is 13.1. The summed E-state index contributed by atoms with van der Waals surface area (Å²) in [7, 11) is 0. The normalized spacial score (nSPS) is 18.6. The second kappa shape index (κ2) is 12.6. The van der Waals surface area contributed by atoms with Gasteiger partial charge in [0.05, 0.1) is 13.2 Å². The van der Waals surface area contributed by atoms with Gasteiger partial charge in [0.15, 0.2) is 12.2 Å². The van der Waals surface area contributed by atoms with Gasteiger partial charge in [-0.2, -0.15) is 0 Å². The quantitative estimate of drug-likeness (QED) is 0.456. The van der Waals surface area contributed by atoms with E-state index in [1.165, 1.54) is 17.0 Å². The number of hydrogen-bond acceptors (Lipinski definition) is 8. The third-order valence-electron chi connectivity index (χ3n) is 6.26. The maximum absolute atomic E-state index is 14.6. The smallest absolute Gasteiger partial charge is 0.407 e. The highest BCUT2D eigenvalue weighted by Gasteiger charge is 2.39. The van der Waals surface area contributed by atoms with Gasteiger partial charge in [-0.1, -0.05) is 12.1 Å². The number of ether oxygens (including phenoxy) is 3. The van der Waals surface area contributed by atoms with Crippen LogP contribution in [0.2, 0.25) is 0 Å². The van der Waals surface area contributed by atoms with E-state index in [1.807, 2.05) is 0 Å². The summed E-state index contributed by atoms with van der Waals surface area (Å²) in [6, 6.07) is 10.6. The first-order chi connectivity index (χ1) is 19.4. The van der Waals surface area contributed by atoms with Gasteiger partial charge in [-0.05, 0) is 51.1 Å². The molecule has 0 bridgehead atoms. The SMILES string of the molecule is CC(C)(C)OC(=O)NCc1ccc(NC(=O)[C@H](O)[C@H]2OCCN(c3cccc(N4CCOCC4=O)c3)C2=O)cc1F. The molecule has 2 aromatic rings. The van der Waals surface area contributed by atoms with E-state index in [2.05, 4.69) is 10.6 Å². The minimum Gasteiger partial charge on any atom is -0.444 e. The van der Waals surface area contributed by atoms with Gasteiger partial charge in [0, 0.05) is 42.3 Å². The summed E-state index contributed by atoms with van der Waals surface area (Å²) in [5.41, 5.74) is 0.556. The highest BCUT2D eigenvalue weighted by molar-refractivity contribution is 6.04. The molecule has 220 valence electrons. The number of aliphatic hydroxyl groups is 1. The molecule has 3 N–H and O–H groups in total. The number of anilines is 3. The van der Waals surface area contributed by atoms with Crippen molar-refractivity contribution in [3.8, 4) is 0 Å². The van der Waals surface area contributed by atoms with Crippen molar-refractivity contribution in [2.45, 2.75) is 45.1 Å². The van der Waals surface area contributed by atoms with Crippen molar-refractivity contribution in [3.05, 3.63) is 53.8 Å². The average molecular weight is 573 g/mol. The lowest BCUT2D eigenvalue weighted by atomic mass is 10.1. The lowest BCUT2D eigenvalue weighted by Gasteiger charge is -2.35. The Hall–Kier alpha value is -4.07. The van der Waals surface area contributed by atoms with Gasteiger partial charge < -0.3 is 39.8 Å². The van der Waals surface area contributed by atoms with Crippen LogP contribution in [0.4, 0.5) is 26.2 Å². The second-order valence-electron chi connectivity index (χ2n) is 10.5. The molecule has 2 aromatic carbocycles. The Labute approximate surface area is 236 Å². The van der Waals surface area contributed by atoms with E-state index in [4.69, 9.17) is 14.2 Å². The first kappa shape index (κ1) is 29.9. The number of nitrogens with zero attached hydrogens (tertiary/aromatic N) is 2. The summed E-state index contributed by atoms with van der Waals surface area (Å²) in [6.45, 7) is 5.94. The van der Waals surface area contributed by atoms with Gasteiger partial charge in [0.2, 0.25) is 0 Å². The molecule has 2 saturated heterocycles. The Bertz CT molecular complexity index is 1310. The summed E-state index contributed by atoms with van der Waals surface area (Å²) in [5, 5.41) is 15.5. The Morgan fingerprint density at radius 1 is 1.10 bits per heavy atom. The number of alkyl carbamates (subject to hydrolysis) is 1. The van der Waals surface area contributed by atoms with E-state index in [0.29, 0.717) is 24.5 Å². The number of nitrogens with one attached hydrogen (secondary N) is 2. The van der Waals surface area contributed by atoms with Crippen molar-refractivity contribution in [1.82, 2.24) is 5.32 Å². The van der Waals surface area contributed by atoms with Crippen molar-refractivity contribution >= 4 is 40.9 Å². The molecule has 0 unspecified atom stereocenters. The number of amides is 4. The van der Waals surface area contributed by atoms with Gasteiger partial charge in [0.1, 0.15) is 18.0 Å². The summed E-state index contributed by atoms with van der Waals surface area (Å²) in [4.78, 5) is 53.0. The summed E-state index contributed by atoms with van der Waals surface area (Å²) < 4.78 is 30.4. The topological polar surface area (TPSA) is 147 Å². The van der Waals surface area contributed by atoms with Crippen molar-refractivity contribution in [1.29, 1.82) is 0 Å². The largest absolute Gasteiger partial charge is 0.444 e. The lowest BCUT2D eigenvalue weighted by Crippen LogP contribution is -2.55. The van der Waals surface area contributed by atoms with Crippen LogP contribution in [0.5, 0.6) is 0 Å². The molecule has 2 atom stereocenters. The standard InChI is InChI=1S/C28H33FN4O8/c1-28(2,3)41-27(38)30-15-17-7-8-18(13-21(17)29)31-25(36)23(35)24-26(37)33(10-12-40-24)20-6-4-5-19(14-20)32-9-11-39-16-22(32)34/h4-8,13-14,23-24,35H,9-12,15-16H2,1-3H3,(H,30,38)(H,31,36)/t23-,24-/m1/s1. The highest BCUT2D eigenvalue weighted by Crippen LogP contribution is 2.27. The Kier molecular flexibility index (Phi) is 9.21. The number of rotatable bonds is 7. The Balaban J connectivity index is 1.38. The number of morpholine rings is 2. The molecule has 2 aliphatic heterocycles. The second-order valence-corrected chi connectivity index (χ2v) is 10.5. The minimum atomic E-state index is -1.88. The number of halogens is 1. The monoisotopic (exact) mass is 572 g/mol. The fraction of sp³-hybridized carbons (Fsp3) is 0.429. The molecule has 13 heteroatoms. The third-order valence-corrected chi connectivity index (χ3v) is 6.26. The van der Waals surface area contributed by atoms with Gasteiger partial charge in [0.25, 0.3) is 17.7 Å². The predicted octanol–water partition coefficient (Wildman–Crippen LogP) is 1.94. The van der Waals surface area contributed by atoms with Crippen molar-refractivity contribution < 1.29 is 42.9 Å². The third kappa shape index (κ3) is 7.57. The summed E-state index contributed by atoms with van der Waals surface area (Å²) in [6.07, 6.45) is -4.09. The molecule has 41 heavy (non-hydrogen) atoms. The maximum Gasteiger partial charge on any atom is 0.407 e. The van der Waals surface area contributed by atoms with Gasteiger partial charge in [-0.3, -0.25) is 14.4 Å². The molecule has 0 aliphatic carbocycles. The molecule has 2 heterocycles. The van der Waals surface area contributed by atoms with Crippen LogP contribution in [0.3, 0.4) is 0 Å². The molecule has 2 aliphatic rings. The zero-order valence-electron chi connectivity index (χ0n) is 23.0. The van der Waals surface area contributed by atoms with Gasteiger partial charge >= 0.3 is 6.09 Å². The maximum atomic E-state index is 14.6. The number of hydrogen-bond donors (Lipinski definition) is 3. The fourth-order valence-corrected chi connectivity index (χ4v) is 4.31. The highest BCUT2D eigenvalue weighted by atomic mass is 19.1. The van der Waals surface area contributed by atoms with Crippen LogP contribution < -0.4 is 20.4 Å². The molecular formula is C28H33FN4O8.